The molecule has 3 aliphatic heterocycles. The highest BCUT2D eigenvalue weighted by atomic mass is 35.5. The molecule has 1 unspecified atom stereocenters. The molecule has 5 rings (SSSR count). The van der Waals surface area contributed by atoms with E-state index in [-0.39, 0.29) is 6.09 Å². The van der Waals surface area contributed by atoms with Gasteiger partial charge in [-0.2, -0.15) is 0 Å². The number of benzene rings is 1. The van der Waals surface area contributed by atoms with Crippen molar-refractivity contribution in [1.82, 2.24) is 14.9 Å². The van der Waals surface area contributed by atoms with Crippen LogP contribution in [0.15, 0.2) is 36.5 Å². The second-order valence-corrected chi connectivity index (χ2v) is 8.76. The fourth-order valence-corrected chi connectivity index (χ4v) is 4.46. The van der Waals surface area contributed by atoms with Gasteiger partial charge in [0.1, 0.15) is 0 Å². The van der Waals surface area contributed by atoms with Crippen LogP contribution in [-0.2, 0) is 20.8 Å². The maximum absolute atomic E-state index is 12.7. The average Bonchev–Trinajstić information content (AvgIpc) is 3.00. The largest absolute Gasteiger partial charge is 0.437 e. The molecule has 32 heavy (non-hydrogen) atoms. The van der Waals surface area contributed by atoms with Crippen molar-refractivity contribution in [3.8, 4) is 0 Å². The molecule has 1 atom stereocenters. The normalized spacial score (nSPS) is 24.6. The van der Waals surface area contributed by atoms with E-state index in [9.17, 15) is 4.79 Å². The molecule has 0 aliphatic carbocycles. The monoisotopic (exact) mass is 459 g/mol. The first-order valence-corrected chi connectivity index (χ1v) is 11.2. The van der Waals surface area contributed by atoms with Crippen LogP contribution in [0.25, 0.3) is 0 Å². The number of carbonyl (C=O) groups is 1. The van der Waals surface area contributed by atoms with Crippen LogP contribution >= 0.6 is 11.6 Å². The van der Waals surface area contributed by atoms with E-state index in [1.54, 1.807) is 23.2 Å². The molecule has 3 fully saturated rings. The van der Waals surface area contributed by atoms with Crippen LogP contribution in [0.4, 0.5) is 16.4 Å². The van der Waals surface area contributed by atoms with Crippen molar-refractivity contribution < 1.29 is 19.0 Å². The Labute approximate surface area is 191 Å². The maximum atomic E-state index is 12.7. The molecule has 10 heteroatoms. The minimum atomic E-state index is -0.729. The van der Waals surface area contributed by atoms with Gasteiger partial charge in [-0.3, -0.25) is 9.80 Å². The van der Waals surface area contributed by atoms with E-state index in [4.69, 9.17) is 30.8 Å². The third kappa shape index (κ3) is 4.66. The van der Waals surface area contributed by atoms with Crippen LogP contribution in [0.5, 0.6) is 0 Å². The number of morpholine rings is 1. The summed E-state index contributed by atoms with van der Waals surface area (Å²) in [6.07, 6.45) is 1.43. The van der Waals surface area contributed by atoms with Gasteiger partial charge in [0.2, 0.25) is 5.95 Å². The van der Waals surface area contributed by atoms with Gasteiger partial charge in [-0.25, -0.2) is 14.8 Å². The predicted molar refractivity (Wildman–Crippen MR) is 119 cm³/mol. The number of anilines is 2. The van der Waals surface area contributed by atoms with Gasteiger partial charge in [-0.1, -0.05) is 11.6 Å². The lowest BCUT2D eigenvalue weighted by molar-refractivity contribution is -0.0155. The minimum absolute atomic E-state index is 0.363. The van der Waals surface area contributed by atoms with Crippen molar-refractivity contribution in [2.75, 3.05) is 69.0 Å². The molecule has 1 aromatic carbocycles. The maximum Gasteiger partial charge on any atom is 0.415 e. The lowest BCUT2D eigenvalue weighted by atomic mass is 10.0. The van der Waals surface area contributed by atoms with Crippen molar-refractivity contribution in [2.45, 2.75) is 12.1 Å². The van der Waals surface area contributed by atoms with Crippen LogP contribution in [0.2, 0.25) is 5.02 Å². The van der Waals surface area contributed by atoms with Crippen molar-refractivity contribution in [3.05, 3.63) is 47.2 Å². The second-order valence-electron chi connectivity index (χ2n) is 8.32. The van der Waals surface area contributed by atoms with E-state index in [1.165, 1.54) is 0 Å². The van der Waals surface area contributed by atoms with E-state index in [0.717, 1.165) is 37.0 Å². The molecule has 2 aromatic rings. The Hall–Kier alpha value is -2.46. The third-order valence-electron chi connectivity index (χ3n) is 5.92. The number of hydrogen-bond acceptors (Lipinski definition) is 8. The summed E-state index contributed by atoms with van der Waals surface area (Å²) in [5, 5.41) is 0.626. The first kappa shape index (κ1) is 21.4. The van der Waals surface area contributed by atoms with Gasteiger partial charge in [0.25, 0.3) is 0 Å². The second kappa shape index (κ2) is 9.19. The molecular formula is C22H26ClN5O4. The molecule has 1 spiro atoms. The van der Waals surface area contributed by atoms with Gasteiger partial charge >= 0.3 is 6.09 Å². The summed E-state index contributed by atoms with van der Waals surface area (Å²) in [6.45, 7) is 6.25. The van der Waals surface area contributed by atoms with E-state index in [0.29, 0.717) is 51.1 Å². The molecule has 1 aromatic heterocycles. The zero-order chi connectivity index (χ0) is 22.0. The summed E-state index contributed by atoms with van der Waals surface area (Å²) in [7, 11) is 0. The number of carbonyl (C=O) groups excluding carboxylic acids is 1. The lowest BCUT2D eigenvalue weighted by Crippen LogP contribution is -2.47. The highest BCUT2D eigenvalue weighted by Gasteiger charge is 2.48. The molecule has 170 valence electrons. The van der Waals surface area contributed by atoms with E-state index in [2.05, 4.69) is 14.8 Å². The van der Waals surface area contributed by atoms with Gasteiger partial charge in [-0.15, -0.1) is 0 Å². The summed E-state index contributed by atoms with van der Waals surface area (Å²) in [6, 6.07) is 9.12. The van der Waals surface area contributed by atoms with Crippen LogP contribution < -0.4 is 9.80 Å². The Morgan fingerprint density at radius 2 is 1.78 bits per heavy atom. The molecule has 3 aliphatic rings. The first-order chi connectivity index (χ1) is 15.6. The molecule has 4 heterocycles. The van der Waals surface area contributed by atoms with Crippen molar-refractivity contribution in [2.24, 2.45) is 0 Å². The number of amides is 1. The Kier molecular flexibility index (Phi) is 6.14. The minimum Gasteiger partial charge on any atom is -0.437 e. The van der Waals surface area contributed by atoms with Crippen LogP contribution in [0.1, 0.15) is 5.69 Å². The number of hydrogen-bond donors (Lipinski definition) is 0. The standard InChI is InChI=1S/C22H26ClN5O4/c23-17-1-3-19(4-2-17)28-15-22(32-21(28)29)14-26(7-10-31-16-22)13-18-5-6-24-20(25-18)27-8-11-30-12-9-27/h1-6H,7-16H2. The van der Waals surface area contributed by atoms with E-state index in [1.807, 2.05) is 18.2 Å². The van der Waals surface area contributed by atoms with Crippen molar-refractivity contribution in [1.29, 1.82) is 0 Å². The van der Waals surface area contributed by atoms with Gasteiger partial charge in [0.15, 0.2) is 5.60 Å². The van der Waals surface area contributed by atoms with Gasteiger partial charge in [-0.05, 0) is 30.3 Å². The number of ether oxygens (including phenoxy) is 3. The summed E-state index contributed by atoms with van der Waals surface area (Å²) in [5.41, 5.74) is 0.961. The summed E-state index contributed by atoms with van der Waals surface area (Å²) in [4.78, 5) is 27.9. The Balaban J connectivity index is 1.29. The van der Waals surface area contributed by atoms with E-state index >= 15 is 0 Å². The fourth-order valence-electron chi connectivity index (χ4n) is 4.34. The van der Waals surface area contributed by atoms with Crippen LogP contribution in [0.3, 0.4) is 0 Å². The predicted octanol–water partition coefficient (Wildman–Crippen LogP) is 2.19. The number of rotatable bonds is 4. The number of nitrogens with zero attached hydrogens (tertiary/aromatic N) is 5. The Bertz CT molecular complexity index is 956. The number of halogens is 1. The van der Waals surface area contributed by atoms with Gasteiger partial charge < -0.3 is 19.1 Å². The highest BCUT2D eigenvalue weighted by molar-refractivity contribution is 6.30. The smallest absolute Gasteiger partial charge is 0.415 e. The van der Waals surface area contributed by atoms with Crippen LogP contribution in [0, 0.1) is 0 Å². The molecule has 3 saturated heterocycles. The zero-order valence-corrected chi connectivity index (χ0v) is 18.5. The average molecular weight is 460 g/mol. The molecule has 1 amide bonds. The topological polar surface area (TPSA) is 80.3 Å². The molecule has 0 bridgehead atoms. The molecule has 9 nitrogen and oxygen atoms in total. The van der Waals surface area contributed by atoms with Gasteiger partial charge in [0, 0.05) is 49.6 Å². The van der Waals surface area contributed by atoms with Crippen LogP contribution in [-0.4, -0.2) is 85.7 Å². The van der Waals surface area contributed by atoms with Crippen molar-refractivity contribution >= 4 is 29.3 Å². The van der Waals surface area contributed by atoms with Crippen molar-refractivity contribution in [3.63, 3.8) is 0 Å². The quantitative estimate of drug-likeness (QED) is 0.688. The Morgan fingerprint density at radius 1 is 1.00 bits per heavy atom. The summed E-state index contributed by atoms with van der Waals surface area (Å²) >= 11 is 5.99. The summed E-state index contributed by atoms with van der Waals surface area (Å²) < 4.78 is 17.2. The highest BCUT2D eigenvalue weighted by Crippen LogP contribution is 2.31. The molecular weight excluding hydrogens is 434 g/mol. The van der Waals surface area contributed by atoms with Gasteiger partial charge in [0.05, 0.1) is 38.7 Å². The zero-order valence-electron chi connectivity index (χ0n) is 17.8. The van der Waals surface area contributed by atoms with E-state index < -0.39 is 5.60 Å². The first-order valence-electron chi connectivity index (χ1n) is 10.8. The Morgan fingerprint density at radius 3 is 2.59 bits per heavy atom. The third-order valence-corrected chi connectivity index (χ3v) is 6.17. The molecule has 0 N–H and O–H groups in total. The molecule has 0 radical (unpaired) electrons. The molecule has 0 saturated carbocycles. The SMILES string of the molecule is O=C1OC2(COCCN(Cc3ccnc(N4CCOCC4)n3)C2)CN1c1ccc(Cl)cc1. The summed E-state index contributed by atoms with van der Waals surface area (Å²) in [5.74, 6) is 0.729. The fraction of sp³-hybridized carbons (Fsp3) is 0.500. The number of aromatic nitrogens is 2. The lowest BCUT2D eigenvalue weighted by Gasteiger charge is -2.30.